The van der Waals surface area contributed by atoms with Crippen LogP contribution in [0.5, 0.6) is 5.75 Å². The molecular formula is C54H62FN2O6S+. The first-order chi connectivity index (χ1) is 30.2. The predicted octanol–water partition coefficient (Wildman–Crippen LogP) is 12.4. The van der Waals surface area contributed by atoms with E-state index < -0.39 is 27.3 Å². The predicted molar refractivity (Wildman–Crippen MR) is 260 cm³/mol. The first kappa shape index (κ1) is 46.4. The van der Waals surface area contributed by atoms with Gasteiger partial charge in [-0.2, -0.15) is 13.0 Å². The van der Waals surface area contributed by atoms with E-state index in [1.165, 1.54) is 50.8 Å². The third kappa shape index (κ3) is 9.31. The molecular weight excluding hydrogens is 824 g/mol. The summed E-state index contributed by atoms with van der Waals surface area (Å²) in [6.45, 7) is 20.9. The molecule has 10 heteroatoms. The SMILES string of the molecule is CCCCN1C(=CC=C(C=CC2=[N+](CCCS(=O)(=O)O)c3ccc4c(C)cc(C)cc4c3C2(C)C)c2cc(F)cc(OCCCC(=O)O)c2)C(C)(C)c2c1ccc1c(C)cc(C)cc21. The lowest BCUT2D eigenvalue weighted by Crippen LogP contribution is -2.28. The molecule has 5 aromatic carbocycles. The van der Waals surface area contributed by atoms with Gasteiger partial charge in [0, 0.05) is 60.0 Å². The summed E-state index contributed by atoms with van der Waals surface area (Å²) in [7, 11) is -4.19. The van der Waals surface area contributed by atoms with Gasteiger partial charge in [-0.1, -0.05) is 74.7 Å². The quantitative estimate of drug-likeness (QED) is 0.0440. The highest BCUT2D eigenvalue weighted by Crippen LogP contribution is 2.52. The van der Waals surface area contributed by atoms with E-state index in [-0.39, 0.29) is 37.0 Å². The molecule has 0 aromatic heterocycles. The Morgan fingerprint density at radius 1 is 0.828 bits per heavy atom. The smallest absolute Gasteiger partial charge is 0.303 e. The van der Waals surface area contributed by atoms with E-state index in [1.807, 2.05) is 6.08 Å². The number of carboxylic acid groups (broad SMARTS) is 1. The van der Waals surface area contributed by atoms with Gasteiger partial charge in [-0.05, 0) is 140 Å². The monoisotopic (exact) mass is 885 g/mol. The third-order valence-corrected chi connectivity index (χ3v) is 13.8. The van der Waals surface area contributed by atoms with Crippen LogP contribution in [0.3, 0.4) is 0 Å². The maximum atomic E-state index is 15.7. The van der Waals surface area contributed by atoms with Crippen LogP contribution in [0.2, 0.25) is 0 Å². The number of rotatable bonds is 16. The molecule has 0 unspecified atom stereocenters. The Bertz CT molecular complexity index is 2920. The molecule has 0 atom stereocenters. The normalized spacial score (nSPS) is 16.5. The number of aryl methyl sites for hydroxylation is 4. The van der Waals surface area contributed by atoms with Crippen molar-refractivity contribution in [3.8, 4) is 5.75 Å². The minimum Gasteiger partial charge on any atom is -0.493 e. The third-order valence-electron chi connectivity index (χ3n) is 13.0. The Labute approximate surface area is 378 Å². The van der Waals surface area contributed by atoms with Gasteiger partial charge >= 0.3 is 5.97 Å². The second-order valence-corrected chi connectivity index (χ2v) is 20.3. The number of ether oxygens (including phenoxy) is 1. The number of fused-ring (bicyclic) bond motifs is 6. The van der Waals surface area contributed by atoms with Crippen molar-refractivity contribution in [3.05, 3.63) is 141 Å². The maximum Gasteiger partial charge on any atom is 0.303 e. The summed E-state index contributed by atoms with van der Waals surface area (Å²) in [4.78, 5) is 13.7. The van der Waals surface area contributed by atoms with Crippen LogP contribution in [0.1, 0.15) is 106 Å². The zero-order valence-electron chi connectivity index (χ0n) is 38.7. The molecule has 7 rings (SSSR count). The van der Waals surface area contributed by atoms with Crippen LogP contribution in [0.4, 0.5) is 15.8 Å². The zero-order valence-corrected chi connectivity index (χ0v) is 39.5. The van der Waals surface area contributed by atoms with Crippen LogP contribution in [0.15, 0.2) is 96.7 Å². The van der Waals surface area contributed by atoms with Crippen molar-refractivity contribution in [2.75, 3.05) is 30.3 Å². The fourth-order valence-electron chi connectivity index (χ4n) is 10.1. The number of benzene rings is 5. The molecule has 2 aliphatic rings. The van der Waals surface area contributed by atoms with Gasteiger partial charge in [0.15, 0.2) is 5.71 Å². The molecule has 0 saturated heterocycles. The van der Waals surface area contributed by atoms with Crippen molar-refractivity contribution in [1.82, 2.24) is 0 Å². The Hall–Kier alpha value is -5.58. The van der Waals surface area contributed by atoms with E-state index in [0.717, 1.165) is 64.0 Å². The van der Waals surface area contributed by atoms with E-state index in [2.05, 4.69) is 139 Å². The van der Waals surface area contributed by atoms with Gasteiger partial charge in [-0.25, -0.2) is 4.39 Å². The lowest BCUT2D eigenvalue weighted by Gasteiger charge is -2.27. The number of aliphatic carboxylic acids is 1. The Morgan fingerprint density at radius 3 is 2.12 bits per heavy atom. The number of halogens is 1. The minimum atomic E-state index is -4.19. The standard InChI is InChI=1S/C54H61FN2O6S/c1-10-11-23-56-46-19-17-42-36(4)27-34(2)29-44(42)51(46)53(6,7)48(56)21-15-38(39-31-40(55)33-41(32-39)63-25-12-14-50(58)59)16-22-49-54(8,9)52-45-30-35(3)28-37(5)43(45)18-20-47(52)57(49)24-13-26-64(60,61)62/h15-22,27-33H,10-14,23-26H2,1-9H3,(H-,58,59,60,61,62)/p+1. The van der Waals surface area contributed by atoms with Crippen molar-refractivity contribution in [2.24, 2.45) is 0 Å². The average molecular weight is 886 g/mol. The van der Waals surface area contributed by atoms with Crippen molar-refractivity contribution >= 4 is 60.3 Å². The van der Waals surface area contributed by atoms with Crippen molar-refractivity contribution in [3.63, 3.8) is 0 Å². The van der Waals surface area contributed by atoms with Gasteiger partial charge in [0.1, 0.15) is 18.1 Å². The van der Waals surface area contributed by atoms with E-state index in [0.29, 0.717) is 17.9 Å². The summed E-state index contributed by atoms with van der Waals surface area (Å²) < 4.78 is 57.5. The molecule has 0 bridgehead atoms. The van der Waals surface area contributed by atoms with E-state index in [9.17, 15) is 22.9 Å². The van der Waals surface area contributed by atoms with Gasteiger partial charge in [-0.15, -0.1) is 0 Å². The molecule has 0 amide bonds. The van der Waals surface area contributed by atoms with Gasteiger partial charge in [0.2, 0.25) is 5.69 Å². The van der Waals surface area contributed by atoms with Crippen LogP contribution in [0.25, 0.3) is 27.1 Å². The Morgan fingerprint density at radius 2 is 1.48 bits per heavy atom. The van der Waals surface area contributed by atoms with Crippen molar-refractivity contribution < 1.29 is 36.6 Å². The summed E-state index contributed by atoms with van der Waals surface area (Å²) in [5.41, 5.74) is 11.8. The topological polar surface area (TPSA) is 107 Å². The van der Waals surface area contributed by atoms with Crippen LogP contribution in [0, 0.1) is 33.5 Å². The number of nitrogens with zero attached hydrogens (tertiary/aromatic N) is 2. The lowest BCUT2D eigenvalue weighted by molar-refractivity contribution is -0.437. The van der Waals surface area contributed by atoms with E-state index >= 15 is 4.39 Å². The second-order valence-electron chi connectivity index (χ2n) is 18.7. The molecule has 0 spiro atoms. The summed E-state index contributed by atoms with van der Waals surface area (Å²) >= 11 is 0. The summed E-state index contributed by atoms with van der Waals surface area (Å²) in [6, 6.07) is 22.2. The lowest BCUT2D eigenvalue weighted by atomic mass is 9.78. The molecule has 2 aliphatic heterocycles. The summed E-state index contributed by atoms with van der Waals surface area (Å²) in [5, 5.41) is 14.0. The van der Waals surface area contributed by atoms with Crippen molar-refractivity contribution in [2.45, 2.75) is 105 Å². The molecule has 0 saturated carbocycles. The summed E-state index contributed by atoms with van der Waals surface area (Å²) in [5.74, 6) is -1.48. The van der Waals surface area contributed by atoms with E-state index in [4.69, 9.17) is 4.74 Å². The number of carbonyl (C=O) groups is 1. The molecule has 0 aliphatic carbocycles. The fourth-order valence-corrected chi connectivity index (χ4v) is 10.6. The zero-order chi connectivity index (χ0) is 46.3. The van der Waals surface area contributed by atoms with Crippen LogP contribution in [-0.4, -0.2) is 59.8 Å². The second kappa shape index (κ2) is 18.1. The fraction of sp³-hybridized carbons (Fsp3) is 0.370. The molecule has 2 heterocycles. The van der Waals surface area contributed by atoms with Gasteiger partial charge in [0.25, 0.3) is 10.1 Å². The highest BCUT2D eigenvalue weighted by molar-refractivity contribution is 7.85. The Kier molecular flexibility index (Phi) is 13.1. The number of carboxylic acids is 1. The van der Waals surface area contributed by atoms with Gasteiger partial charge < -0.3 is 14.7 Å². The number of allylic oxidation sites excluding steroid dienone is 6. The first-order valence-corrected chi connectivity index (χ1v) is 24.0. The molecule has 8 nitrogen and oxygen atoms in total. The molecule has 336 valence electrons. The molecule has 0 fully saturated rings. The van der Waals surface area contributed by atoms with Crippen LogP contribution in [-0.2, 0) is 25.7 Å². The number of hydrogen-bond donors (Lipinski definition) is 2. The highest BCUT2D eigenvalue weighted by Gasteiger charge is 2.46. The number of anilines is 1. The van der Waals surface area contributed by atoms with Crippen LogP contribution >= 0.6 is 0 Å². The Balaban J connectivity index is 1.42. The molecule has 0 radical (unpaired) electrons. The molecule has 5 aromatic rings. The average Bonchev–Trinajstić information content (AvgIpc) is 3.55. The van der Waals surface area contributed by atoms with Crippen LogP contribution < -0.4 is 9.64 Å². The van der Waals surface area contributed by atoms with Gasteiger partial charge in [0.05, 0.1) is 17.8 Å². The number of unbranched alkanes of at least 4 members (excludes halogenated alkanes) is 1. The number of hydrogen-bond acceptors (Lipinski definition) is 5. The minimum absolute atomic E-state index is 0.0588. The highest BCUT2D eigenvalue weighted by atomic mass is 32.2. The van der Waals surface area contributed by atoms with Gasteiger partial charge in [-0.3, -0.25) is 9.35 Å². The van der Waals surface area contributed by atoms with E-state index in [1.54, 1.807) is 6.07 Å². The molecule has 64 heavy (non-hydrogen) atoms. The first-order valence-electron chi connectivity index (χ1n) is 22.4. The summed E-state index contributed by atoms with van der Waals surface area (Å²) in [6.07, 6.45) is 10.7. The maximum absolute atomic E-state index is 15.7. The largest absolute Gasteiger partial charge is 0.493 e. The molecule has 2 N–H and O–H groups in total. The van der Waals surface area contributed by atoms with Crippen molar-refractivity contribution in [1.29, 1.82) is 0 Å².